The minimum Gasteiger partial charge on any atom is -0.253 e. The summed E-state index contributed by atoms with van der Waals surface area (Å²) in [4.78, 5) is 14.2. The van der Waals surface area contributed by atoms with E-state index in [-0.39, 0.29) is 0 Å². The van der Waals surface area contributed by atoms with Crippen LogP contribution in [0.25, 0.3) is 67.5 Å². The van der Waals surface area contributed by atoms with Crippen molar-refractivity contribution in [2.24, 2.45) is 21.1 Å². The highest BCUT2D eigenvalue weighted by Gasteiger charge is 2.17. The molecule has 330 valence electrons. The topological polar surface area (TPSA) is 50.3 Å². The quantitative estimate of drug-likeness (QED) is 0.143. The van der Waals surface area contributed by atoms with Crippen molar-refractivity contribution >= 4 is 0 Å². The highest BCUT2D eigenvalue weighted by molar-refractivity contribution is 5.70. The second-order valence-electron chi connectivity index (χ2n) is 17.3. The third-order valence-corrected chi connectivity index (χ3v) is 12.0. The van der Waals surface area contributed by atoms with Crippen LogP contribution in [0.15, 0.2) is 182 Å². The van der Waals surface area contributed by atoms with E-state index < -0.39 is 0 Å². The van der Waals surface area contributed by atoms with Crippen LogP contribution in [-0.4, -0.2) is 15.0 Å². The van der Waals surface area contributed by atoms with E-state index in [1.54, 1.807) is 0 Å². The van der Waals surface area contributed by atoms with Gasteiger partial charge >= 0.3 is 0 Å². The molecule has 0 saturated carbocycles. The molecule has 66 heavy (non-hydrogen) atoms. The van der Waals surface area contributed by atoms with Gasteiger partial charge in [0.25, 0.3) is 0 Å². The maximum absolute atomic E-state index is 4.82. The molecule has 0 N–H and O–H groups in total. The minimum atomic E-state index is 0.436. The Bertz CT molecular complexity index is 3090. The van der Waals surface area contributed by atoms with Gasteiger partial charge in [-0.2, -0.15) is 0 Å². The lowest BCUT2D eigenvalue weighted by atomic mass is 10.0. The third kappa shape index (κ3) is 11.3. The highest BCUT2D eigenvalue weighted by Crippen LogP contribution is 2.28. The van der Waals surface area contributed by atoms with Gasteiger partial charge in [-0.15, -0.1) is 0 Å². The van der Waals surface area contributed by atoms with Crippen molar-refractivity contribution in [1.29, 1.82) is 0 Å². The summed E-state index contributed by atoms with van der Waals surface area (Å²) in [5.74, 6) is 0.436. The summed E-state index contributed by atoms with van der Waals surface area (Å²) in [5.41, 5.74) is 21.1. The van der Waals surface area contributed by atoms with Crippen molar-refractivity contribution in [2.45, 2.75) is 60.8 Å². The Morgan fingerprint density at radius 2 is 0.788 bits per heavy atom. The lowest BCUT2D eigenvalue weighted by Gasteiger charge is -2.09. The fourth-order valence-corrected chi connectivity index (χ4v) is 8.05. The van der Waals surface area contributed by atoms with Gasteiger partial charge in [0.15, 0.2) is 18.6 Å². The summed E-state index contributed by atoms with van der Waals surface area (Å²) >= 11 is 0. The summed E-state index contributed by atoms with van der Waals surface area (Å²) in [5, 5.41) is 0. The van der Waals surface area contributed by atoms with Crippen LogP contribution in [0.2, 0.25) is 0 Å². The van der Waals surface area contributed by atoms with E-state index in [2.05, 4.69) is 258 Å². The first-order valence-corrected chi connectivity index (χ1v) is 22.9. The normalized spacial score (nSPS) is 10.8. The summed E-state index contributed by atoms with van der Waals surface area (Å²) in [6, 6.07) is 57.2. The number of benzene rings is 3. The zero-order valence-electron chi connectivity index (χ0n) is 40.3. The minimum absolute atomic E-state index is 0.436. The Morgan fingerprint density at radius 1 is 0.409 bits per heavy atom. The number of rotatable bonds is 8. The second-order valence-corrected chi connectivity index (χ2v) is 17.3. The van der Waals surface area contributed by atoms with E-state index >= 15 is 0 Å². The maximum atomic E-state index is 4.82. The smallest absolute Gasteiger partial charge is 0.213 e. The first-order valence-electron chi connectivity index (χ1n) is 22.9. The number of aromatic nitrogens is 6. The van der Waals surface area contributed by atoms with Gasteiger partial charge in [-0.05, 0) is 111 Å². The van der Waals surface area contributed by atoms with Gasteiger partial charge in [-0.25, -0.2) is 13.7 Å². The van der Waals surface area contributed by atoms with Crippen LogP contribution in [-0.2, 0) is 27.6 Å². The molecule has 9 rings (SSSR count). The lowest BCUT2D eigenvalue weighted by Crippen LogP contribution is -2.30. The van der Waals surface area contributed by atoms with E-state index in [1.165, 1.54) is 50.5 Å². The molecule has 0 radical (unpaired) electrons. The van der Waals surface area contributed by atoms with Crippen molar-refractivity contribution in [3.8, 4) is 67.5 Å². The molecule has 0 unspecified atom stereocenters. The second kappa shape index (κ2) is 21.5. The number of pyridine rings is 6. The van der Waals surface area contributed by atoms with Gasteiger partial charge in [0.1, 0.15) is 21.1 Å². The molecule has 0 aliphatic carbocycles. The molecule has 0 aliphatic rings. The summed E-state index contributed by atoms with van der Waals surface area (Å²) in [7, 11) is 6.25. The van der Waals surface area contributed by atoms with Gasteiger partial charge in [0.2, 0.25) is 17.1 Å². The van der Waals surface area contributed by atoms with Gasteiger partial charge in [-0.1, -0.05) is 93.6 Å². The van der Waals surface area contributed by atoms with E-state index in [0.717, 1.165) is 57.3 Å². The third-order valence-electron chi connectivity index (χ3n) is 12.0. The van der Waals surface area contributed by atoms with Crippen LogP contribution in [0.1, 0.15) is 60.5 Å². The molecule has 6 heterocycles. The van der Waals surface area contributed by atoms with E-state index in [0.29, 0.717) is 5.92 Å². The van der Waals surface area contributed by atoms with Crippen molar-refractivity contribution in [1.82, 2.24) is 15.0 Å². The van der Waals surface area contributed by atoms with Crippen LogP contribution in [0.5, 0.6) is 0 Å². The lowest BCUT2D eigenvalue weighted by molar-refractivity contribution is -0.660. The molecule has 6 heteroatoms. The number of aryl methyl sites for hydroxylation is 8. The fraction of sp³-hybridized carbons (Fsp3) is 0.200. The zero-order valence-corrected chi connectivity index (χ0v) is 40.3. The van der Waals surface area contributed by atoms with E-state index in [1.807, 2.05) is 13.0 Å². The average molecular weight is 868 g/mol. The molecular formula is C60H63N6+3. The van der Waals surface area contributed by atoms with Crippen molar-refractivity contribution in [2.75, 3.05) is 0 Å². The van der Waals surface area contributed by atoms with Gasteiger partial charge in [0, 0.05) is 86.9 Å². The Hall–Kier alpha value is -7.44. The largest absolute Gasteiger partial charge is 0.253 e. The Morgan fingerprint density at radius 3 is 1.18 bits per heavy atom. The molecule has 6 aromatic heterocycles. The molecule has 0 spiro atoms. The molecule has 0 bridgehead atoms. The molecule has 0 atom stereocenters. The van der Waals surface area contributed by atoms with Crippen LogP contribution < -0.4 is 13.7 Å². The van der Waals surface area contributed by atoms with Crippen LogP contribution >= 0.6 is 0 Å². The van der Waals surface area contributed by atoms with Crippen molar-refractivity contribution in [3.05, 3.63) is 216 Å². The first-order chi connectivity index (χ1) is 31.9. The maximum Gasteiger partial charge on any atom is 0.213 e. The molecule has 9 aromatic rings. The molecule has 0 saturated heterocycles. The zero-order chi connectivity index (χ0) is 46.7. The highest BCUT2D eigenvalue weighted by atomic mass is 14.9. The Labute approximate surface area is 392 Å². The van der Waals surface area contributed by atoms with E-state index in [9.17, 15) is 0 Å². The monoisotopic (exact) mass is 868 g/mol. The summed E-state index contributed by atoms with van der Waals surface area (Å²) in [6.07, 6.45) is 7.28. The number of hydrogen-bond donors (Lipinski definition) is 0. The standard InChI is InChI=1S/C21H23N2.C20H21N2.C19H19N2/c1-15(2)19-10-7-11-20(22-19)17-12-13-23(4)21(14-17)18-9-6-5-8-16(18)3;1-4-17-9-7-11-19(21-17)16-12-13-22(3)20(14-16)18-10-6-5-8-15(18)2;1-14-7-4-5-9-17(14)19-13-16(11-12-21(19)3)18-10-6-8-15(2)20-18/h5-15H,1-4H3;5-14H,4H2,1-3H3;4-13H,1-3H3/q3*+1. The van der Waals surface area contributed by atoms with Gasteiger partial charge in [-0.3, -0.25) is 15.0 Å². The van der Waals surface area contributed by atoms with Crippen LogP contribution in [0.3, 0.4) is 0 Å². The number of nitrogens with zero attached hydrogens (tertiary/aromatic N) is 6. The average Bonchev–Trinajstić information content (AvgIpc) is 3.33. The molecule has 3 aromatic carbocycles. The van der Waals surface area contributed by atoms with Crippen molar-refractivity contribution in [3.63, 3.8) is 0 Å². The molecule has 0 amide bonds. The van der Waals surface area contributed by atoms with Gasteiger partial charge < -0.3 is 0 Å². The SMILES string of the molecule is CCc1cccc(-c2cc[n+](C)c(-c3ccccc3C)c2)n1.Cc1cccc(-c2cc[n+](C)c(-c3ccccc3C)c2)n1.Cc1ccccc1-c1cc(-c2cccc(C(C)C)n2)cc[n+]1C. The van der Waals surface area contributed by atoms with Crippen LogP contribution in [0.4, 0.5) is 0 Å². The Kier molecular flexibility index (Phi) is 15.2. The predicted molar refractivity (Wildman–Crippen MR) is 271 cm³/mol. The summed E-state index contributed by atoms with van der Waals surface area (Å²) in [6.45, 7) is 15.0. The Balaban J connectivity index is 0.000000147. The first kappa shape index (κ1) is 46.5. The number of hydrogen-bond acceptors (Lipinski definition) is 3. The van der Waals surface area contributed by atoms with Crippen LogP contribution in [0, 0.1) is 27.7 Å². The molecule has 0 aliphatic heterocycles. The predicted octanol–water partition coefficient (Wildman–Crippen LogP) is 12.6. The molecular weight excluding hydrogens is 805 g/mol. The fourth-order valence-electron chi connectivity index (χ4n) is 8.05. The van der Waals surface area contributed by atoms with Gasteiger partial charge in [0.05, 0.1) is 17.1 Å². The molecule has 0 fully saturated rings. The summed E-state index contributed by atoms with van der Waals surface area (Å²) < 4.78 is 6.48. The molecule has 6 nitrogen and oxygen atoms in total. The van der Waals surface area contributed by atoms with Crippen molar-refractivity contribution < 1.29 is 13.7 Å². The van der Waals surface area contributed by atoms with E-state index in [4.69, 9.17) is 9.97 Å².